The SMILES string of the molecule is O=C(CN1C(=O)N[C@]2(CCOc3ccccc32)C1=O)OCCOc1ccc(F)cc1. The molecule has 1 atom stereocenters. The number of hydrogen-bond acceptors (Lipinski definition) is 6. The number of amides is 3. The number of halogens is 1. The number of ether oxygens (including phenoxy) is 3. The van der Waals surface area contributed by atoms with Crippen LogP contribution in [0.2, 0.25) is 0 Å². The Hall–Kier alpha value is -3.62. The molecule has 0 saturated carbocycles. The summed E-state index contributed by atoms with van der Waals surface area (Å²) in [6, 6.07) is 11.7. The summed E-state index contributed by atoms with van der Waals surface area (Å²) in [7, 11) is 0. The van der Waals surface area contributed by atoms with Gasteiger partial charge < -0.3 is 19.5 Å². The zero-order valence-electron chi connectivity index (χ0n) is 15.9. The molecule has 0 aromatic heterocycles. The number of benzene rings is 2. The molecular formula is C21H19FN2O6. The van der Waals surface area contributed by atoms with Gasteiger partial charge in [-0.3, -0.25) is 14.5 Å². The van der Waals surface area contributed by atoms with Gasteiger partial charge in [0, 0.05) is 12.0 Å². The van der Waals surface area contributed by atoms with Gasteiger partial charge >= 0.3 is 12.0 Å². The van der Waals surface area contributed by atoms with Crippen molar-refractivity contribution >= 4 is 17.9 Å². The van der Waals surface area contributed by atoms with Crippen LogP contribution in [-0.4, -0.2) is 49.2 Å². The number of nitrogens with one attached hydrogen (secondary N) is 1. The second-order valence-corrected chi connectivity index (χ2v) is 6.84. The van der Waals surface area contributed by atoms with E-state index >= 15 is 0 Å². The molecule has 0 aliphatic carbocycles. The summed E-state index contributed by atoms with van der Waals surface area (Å²) in [6.45, 7) is -0.276. The van der Waals surface area contributed by atoms with E-state index in [1.807, 2.05) is 0 Å². The number of hydrogen-bond donors (Lipinski definition) is 1. The average Bonchev–Trinajstić information content (AvgIpc) is 2.97. The molecule has 0 radical (unpaired) electrons. The van der Waals surface area contributed by atoms with E-state index in [9.17, 15) is 18.8 Å². The van der Waals surface area contributed by atoms with Gasteiger partial charge in [-0.15, -0.1) is 0 Å². The molecule has 2 heterocycles. The Morgan fingerprint density at radius 1 is 1.13 bits per heavy atom. The van der Waals surface area contributed by atoms with Gasteiger partial charge in [0.05, 0.1) is 6.61 Å². The largest absolute Gasteiger partial charge is 0.493 e. The van der Waals surface area contributed by atoms with Crippen LogP contribution in [0.3, 0.4) is 0 Å². The number of esters is 1. The maximum atomic E-state index is 13.1. The summed E-state index contributed by atoms with van der Waals surface area (Å²) in [6.07, 6.45) is 0.269. The molecule has 2 aliphatic rings. The minimum Gasteiger partial charge on any atom is -0.493 e. The van der Waals surface area contributed by atoms with Crippen molar-refractivity contribution in [3.63, 3.8) is 0 Å². The van der Waals surface area contributed by atoms with Gasteiger partial charge in [-0.25, -0.2) is 9.18 Å². The minimum absolute atomic E-state index is 0.0478. The van der Waals surface area contributed by atoms with Crippen molar-refractivity contribution in [2.45, 2.75) is 12.0 Å². The molecule has 2 aliphatic heterocycles. The van der Waals surface area contributed by atoms with Gasteiger partial charge in [-0.1, -0.05) is 18.2 Å². The van der Waals surface area contributed by atoms with E-state index in [1.165, 1.54) is 24.3 Å². The molecule has 0 bridgehead atoms. The molecule has 1 fully saturated rings. The Balaban J connectivity index is 1.34. The first kappa shape index (κ1) is 19.7. The van der Waals surface area contributed by atoms with E-state index in [4.69, 9.17) is 14.2 Å². The quantitative estimate of drug-likeness (QED) is 0.441. The summed E-state index contributed by atoms with van der Waals surface area (Å²) in [5.41, 5.74) is -0.670. The van der Waals surface area contributed by atoms with E-state index in [2.05, 4.69) is 5.32 Å². The lowest BCUT2D eigenvalue weighted by atomic mass is 9.84. The third-order valence-electron chi connectivity index (χ3n) is 4.97. The molecule has 156 valence electrons. The zero-order valence-corrected chi connectivity index (χ0v) is 15.9. The molecule has 1 spiro atoms. The lowest BCUT2D eigenvalue weighted by Crippen LogP contribution is -2.47. The number of urea groups is 1. The monoisotopic (exact) mass is 414 g/mol. The van der Waals surface area contributed by atoms with Crippen LogP contribution in [-0.2, 0) is 19.9 Å². The van der Waals surface area contributed by atoms with E-state index in [0.29, 0.717) is 17.1 Å². The van der Waals surface area contributed by atoms with Gasteiger partial charge in [0.15, 0.2) is 5.54 Å². The average molecular weight is 414 g/mol. The van der Waals surface area contributed by atoms with E-state index in [0.717, 1.165) is 4.90 Å². The standard InChI is InChI=1S/C21H19FN2O6/c22-14-5-7-15(8-6-14)28-11-12-30-18(25)13-24-19(26)21(23-20(24)27)9-10-29-17-4-2-1-3-16(17)21/h1-8H,9-13H2,(H,23,27)/t21-/m0/s1. The molecule has 0 unspecified atom stereocenters. The van der Waals surface area contributed by atoms with Gasteiger partial charge in [-0.05, 0) is 30.3 Å². The van der Waals surface area contributed by atoms with Crippen LogP contribution < -0.4 is 14.8 Å². The lowest BCUT2D eigenvalue weighted by molar-refractivity contribution is -0.148. The zero-order chi connectivity index (χ0) is 21.1. The van der Waals surface area contributed by atoms with Crippen LogP contribution in [0, 0.1) is 5.82 Å². The second kappa shape index (κ2) is 8.02. The van der Waals surface area contributed by atoms with Crippen LogP contribution in [0.15, 0.2) is 48.5 Å². The highest BCUT2D eigenvalue weighted by atomic mass is 19.1. The maximum Gasteiger partial charge on any atom is 0.326 e. The number of para-hydroxylation sites is 1. The summed E-state index contributed by atoms with van der Waals surface area (Å²) < 4.78 is 28.8. The van der Waals surface area contributed by atoms with Gasteiger partial charge in [-0.2, -0.15) is 0 Å². The van der Waals surface area contributed by atoms with Crippen molar-refractivity contribution in [1.29, 1.82) is 0 Å². The lowest BCUT2D eigenvalue weighted by Gasteiger charge is -2.33. The summed E-state index contributed by atoms with van der Waals surface area (Å²) in [5, 5.41) is 2.72. The van der Waals surface area contributed by atoms with E-state index < -0.39 is 30.0 Å². The van der Waals surface area contributed by atoms with E-state index in [1.54, 1.807) is 24.3 Å². The Bertz CT molecular complexity index is 980. The summed E-state index contributed by atoms with van der Waals surface area (Å²) >= 11 is 0. The molecule has 3 amide bonds. The molecular weight excluding hydrogens is 395 g/mol. The highest BCUT2D eigenvalue weighted by Gasteiger charge is 2.55. The fourth-order valence-corrected chi connectivity index (χ4v) is 3.54. The normalized spacial score (nSPS) is 19.8. The van der Waals surface area contributed by atoms with Crippen molar-refractivity contribution in [3.05, 3.63) is 59.9 Å². The first-order valence-corrected chi connectivity index (χ1v) is 9.40. The number of carbonyl (C=O) groups excluding carboxylic acids is 3. The smallest absolute Gasteiger partial charge is 0.326 e. The third-order valence-corrected chi connectivity index (χ3v) is 4.97. The van der Waals surface area contributed by atoms with Gasteiger partial charge in [0.2, 0.25) is 0 Å². The van der Waals surface area contributed by atoms with Crippen molar-refractivity contribution in [2.24, 2.45) is 0 Å². The van der Waals surface area contributed by atoms with Crippen LogP contribution in [0.25, 0.3) is 0 Å². The predicted molar refractivity (Wildman–Crippen MR) is 101 cm³/mol. The fourth-order valence-electron chi connectivity index (χ4n) is 3.54. The number of fused-ring (bicyclic) bond motifs is 2. The molecule has 1 N–H and O–H groups in total. The molecule has 2 aromatic rings. The Morgan fingerprint density at radius 2 is 1.90 bits per heavy atom. The molecule has 30 heavy (non-hydrogen) atoms. The van der Waals surface area contributed by atoms with E-state index in [-0.39, 0.29) is 32.1 Å². The van der Waals surface area contributed by atoms with Gasteiger partial charge in [0.25, 0.3) is 5.91 Å². The Labute approximate surface area is 171 Å². The van der Waals surface area contributed by atoms with Crippen LogP contribution in [0.4, 0.5) is 9.18 Å². The third kappa shape index (κ3) is 3.66. The molecule has 2 aromatic carbocycles. The van der Waals surface area contributed by atoms with Crippen molar-refractivity contribution < 1.29 is 33.0 Å². The van der Waals surface area contributed by atoms with Crippen LogP contribution in [0.5, 0.6) is 11.5 Å². The maximum absolute atomic E-state index is 13.1. The number of nitrogens with zero attached hydrogens (tertiary/aromatic N) is 1. The van der Waals surface area contributed by atoms with Crippen LogP contribution >= 0.6 is 0 Å². The second-order valence-electron chi connectivity index (χ2n) is 6.84. The van der Waals surface area contributed by atoms with Crippen molar-refractivity contribution in [1.82, 2.24) is 10.2 Å². The Kier molecular flexibility index (Phi) is 5.26. The highest BCUT2D eigenvalue weighted by Crippen LogP contribution is 2.40. The van der Waals surface area contributed by atoms with Gasteiger partial charge in [0.1, 0.15) is 37.1 Å². The minimum atomic E-state index is -1.24. The van der Waals surface area contributed by atoms with Crippen molar-refractivity contribution in [2.75, 3.05) is 26.4 Å². The topological polar surface area (TPSA) is 94.2 Å². The number of rotatable bonds is 6. The number of carbonyl (C=O) groups is 3. The molecule has 1 saturated heterocycles. The summed E-state index contributed by atoms with van der Waals surface area (Å²) in [4.78, 5) is 38.5. The highest BCUT2D eigenvalue weighted by molar-refractivity contribution is 6.09. The Morgan fingerprint density at radius 3 is 2.70 bits per heavy atom. The molecule has 8 nitrogen and oxygen atoms in total. The first-order chi connectivity index (χ1) is 14.5. The molecule has 4 rings (SSSR count). The first-order valence-electron chi connectivity index (χ1n) is 9.40. The van der Waals surface area contributed by atoms with Crippen molar-refractivity contribution in [3.8, 4) is 11.5 Å². The fraction of sp³-hybridized carbons (Fsp3) is 0.286. The molecule has 9 heteroatoms. The summed E-state index contributed by atoms with van der Waals surface area (Å²) in [5.74, 6) is -0.671. The predicted octanol–water partition coefficient (Wildman–Crippen LogP) is 1.98. The van der Waals surface area contributed by atoms with Crippen LogP contribution in [0.1, 0.15) is 12.0 Å². The number of imide groups is 1.